The van der Waals surface area contributed by atoms with E-state index in [9.17, 15) is 0 Å². The lowest BCUT2D eigenvalue weighted by atomic mass is 10.1. The highest BCUT2D eigenvalue weighted by molar-refractivity contribution is 9.08. The Bertz CT molecular complexity index is 413. The van der Waals surface area contributed by atoms with Crippen molar-refractivity contribution in [3.05, 3.63) is 28.8 Å². The molecule has 2 rings (SSSR count). The monoisotopic (exact) mass is 331 g/mol. The lowest BCUT2D eigenvalue weighted by molar-refractivity contribution is 0.0299. The van der Waals surface area contributed by atoms with Crippen molar-refractivity contribution in [3.63, 3.8) is 0 Å². The summed E-state index contributed by atoms with van der Waals surface area (Å²) < 4.78 is 5.75. The summed E-state index contributed by atoms with van der Waals surface area (Å²) in [4.78, 5) is 2.46. The van der Waals surface area contributed by atoms with Crippen LogP contribution >= 0.6 is 27.5 Å². The van der Waals surface area contributed by atoms with Crippen molar-refractivity contribution in [2.24, 2.45) is 0 Å². The number of hydrogen-bond acceptors (Lipinski definition) is 2. The van der Waals surface area contributed by atoms with Crippen LogP contribution in [0.3, 0.4) is 0 Å². The summed E-state index contributed by atoms with van der Waals surface area (Å²) in [5.74, 6) is 0. The van der Waals surface area contributed by atoms with Gasteiger partial charge in [0.05, 0.1) is 18.8 Å². The number of alkyl halides is 1. The molecule has 2 nitrogen and oxygen atoms in total. The maximum Gasteiger partial charge on any atom is 0.0723 e. The van der Waals surface area contributed by atoms with E-state index in [1.807, 2.05) is 12.1 Å². The maximum absolute atomic E-state index is 6.07. The molecule has 100 valence electrons. The minimum atomic E-state index is 0.284. The Morgan fingerprint density at radius 1 is 1.50 bits per heavy atom. The number of ether oxygens (including phenoxy) is 1. The van der Waals surface area contributed by atoms with E-state index in [-0.39, 0.29) is 6.10 Å². The lowest BCUT2D eigenvalue weighted by Crippen LogP contribution is -2.49. The average Bonchev–Trinajstić information content (AvgIpc) is 2.38. The Hall–Kier alpha value is -0.250. The zero-order valence-corrected chi connectivity index (χ0v) is 13.2. The van der Waals surface area contributed by atoms with Crippen LogP contribution in [0.2, 0.25) is 5.02 Å². The van der Waals surface area contributed by atoms with Gasteiger partial charge >= 0.3 is 0 Å². The minimum Gasteiger partial charge on any atom is -0.375 e. The van der Waals surface area contributed by atoms with Crippen molar-refractivity contribution in [2.45, 2.75) is 37.7 Å². The predicted octanol–water partition coefficient (Wildman–Crippen LogP) is 4.24. The number of nitrogens with zero attached hydrogens (tertiary/aromatic N) is 1. The molecule has 1 saturated heterocycles. The van der Waals surface area contributed by atoms with Crippen molar-refractivity contribution in [2.75, 3.05) is 18.1 Å². The molecule has 2 unspecified atom stereocenters. The van der Waals surface area contributed by atoms with Crippen LogP contribution in [-0.2, 0) is 10.1 Å². The summed E-state index contributed by atoms with van der Waals surface area (Å²) in [5.41, 5.74) is 2.52. The molecule has 0 radical (unpaired) electrons. The molecule has 0 bridgehead atoms. The van der Waals surface area contributed by atoms with Crippen LogP contribution in [0.1, 0.15) is 25.8 Å². The molecule has 1 aliphatic heterocycles. The van der Waals surface area contributed by atoms with Crippen molar-refractivity contribution in [1.29, 1.82) is 0 Å². The first-order valence-electron chi connectivity index (χ1n) is 6.38. The van der Waals surface area contributed by atoms with E-state index in [4.69, 9.17) is 16.3 Å². The van der Waals surface area contributed by atoms with Gasteiger partial charge in [0.15, 0.2) is 0 Å². The molecule has 2 atom stereocenters. The van der Waals surface area contributed by atoms with E-state index in [0.29, 0.717) is 6.04 Å². The second kappa shape index (κ2) is 6.27. The van der Waals surface area contributed by atoms with Gasteiger partial charge < -0.3 is 9.64 Å². The molecule has 1 aromatic carbocycles. The van der Waals surface area contributed by atoms with Crippen LogP contribution in [0, 0.1) is 0 Å². The van der Waals surface area contributed by atoms with Crippen molar-refractivity contribution in [1.82, 2.24) is 0 Å². The van der Waals surface area contributed by atoms with Gasteiger partial charge in [-0.1, -0.05) is 34.5 Å². The molecule has 0 saturated carbocycles. The normalized spacial score (nSPS) is 24.3. The molecular weight excluding hydrogens is 314 g/mol. The lowest BCUT2D eigenvalue weighted by Gasteiger charge is -2.40. The standard InChI is InChI=1S/C14H19BrClNO/c1-3-13-9-18-10(2)8-17(13)14-5-4-12(16)6-11(14)7-15/h4-6,10,13H,3,7-9H2,1-2H3. The topological polar surface area (TPSA) is 12.5 Å². The fraction of sp³-hybridized carbons (Fsp3) is 0.571. The Balaban J connectivity index is 2.32. The quantitative estimate of drug-likeness (QED) is 0.768. The highest BCUT2D eigenvalue weighted by Gasteiger charge is 2.26. The summed E-state index contributed by atoms with van der Waals surface area (Å²) in [7, 11) is 0. The smallest absolute Gasteiger partial charge is 0.0723 e. The van der Waals surface area contributed by atoms with Gasteiger partial charge in [-0.15, -0.1) is 0 Å². The fourth-order valence-electron chi connectivity index (χ4n) is 2.42. The van der Waals surface area contributed by atoms with Gasteiger partial charge in [0, 0.05) is 22.6 Å². The van der Waals surface area contributed by atoms with Crippen molar-refractivity contribution >= 4 is 33.2 Å². The van der Waals surface area contributed by atoms with Crippen molar-refractivity contribution in [3.8, 4) is 0 Å². The highest BCUT2D eigenvalue weighted by Crippen LogP contribution is 2.30. The van der Waals surface area contributed by atoms with E-state index in [1.54, 1.807) is 0 Å². The zero-order chi connectivity index (χ0) is 13.1. The third kappa shape index (κ3) is 3.01. The summed E-state index contributed by atoms with van der Waals surface area (Å²) in [6.07, 6.45) is 1.38. The van der Waals surface area contributed by atoms with Crippen LogP contribution in [0.25, 0.3) is 0 Å². The SMILES string of the molecule is CCC1COC(C)CN1c1ccc(Cl)cc1CBr. The molecule has 1 fully saturated rings. The van der Waals surface area contributed by atoms with Gasteiger partial charge in [0.25, 0.3) is 0 Å². The first-order valence-corrected chi connectivity index (χ1v) is 7.88. The predicted molar refractivity (Wildman–Crippen MR) is 80.9 cm³/mol. The fourth-order valence-corrected chi connectivity index (χ4v) is 3.06. The Labute approximate surface area is 122 Å². The molecule has 0 N–H and O–H groups in total. The summed E-state index contributed by atoms with van der Waals surface area (Å²) >= 11 is 9.62. The van der Waals surface area contributed by atoms with E-state index in [2.05, 4.69) is 40.7 Å². The number of hydrogen-bond donors (Lipinski definition) is 0. The van der Waals surface area contributed by atoms with E-state index in [1.165, 1.54) is 11.3 Å². The van der Waals surface area contributed by atoms with Crippen LogP contribution < -0.4 is 4.90 Å². The molecule has 1 heterocycles. The summed E-state index contributed by atoms with van der Waals surface area (Å²) in [6, 6.07) is 6.59. The number of rotatable bonds is 3. The number of benzene rings is 1. The second-order valence-corrected chi connectivity index (χ2v) is 5.76. The van der Waals surface area contributed by atoms with Gasteiger partial charge in [-0.3, -0.25) is 0 Å². The van der Waals surface area contributed by atoms with Gasteiger partial charge in [-0.05, 0) is 37.1 Å². The van der Waals surface area contributed by atoms with E-state index >= 15 is 0 Å². The molecule has 4 heteroatoms. The summed E-state index contributed by atoms with van der Waals surface area (Å²) in [6.45, 7) is 6.09. The number of morpholine rings is 1. The van der Waals surface area contributed by atoms with Crippen LogP contribution in [-0.4, -0.2) is 25.3 Å². The highest BCUT2D eigenvalue weighted by atomic mass is 79.9. The third-order valence-corrected chi connectivity index (χ3v) is 4.27. The maximum atomic E-state index is 6.07. The Morgan fingerprint density at radius 3 is 2.94 bits per heavy atom. The largest absolute Gasteiger partial charge is 0.375 e. The number of anilines is 1. The third-order valence-electron chi connectivity index (χ3n) is 3.43. The molecule has 0 amide bonds. The first kappa shape index (κ1) is 14.2. The van der Waals surface area contributed by atoms with Gasteiger partial charge in [-0.2, -0.15) is 0 Å². The molecule has 0 aromatic heterocycles. The second-order valence-electron chi connectivity index (χ2n) is 4.77. The van der Waals surface area contributed by atoms with Crippen molar-refractivity contribution < 1.29 is 4.74 Å². The summed E-state index contributed by atoms with van der Waals surface area (Å²) in [5, 5.41) is 1.62. The Morgan fingerprint density at radius 2 is 2.28 bits per heavy atom. The molecule has 0 aliphatic carbocycles. The van der Waals surface area contributed by atoms with E-state index in [0.717, 1.165) is 29.9 Å². The van der Waals surface area contributed by atoms with E-state index < -0.39 is 0 Å². The van der Waals surface area contributed by atoms with Gasteiger partial charge in [0.2, 0.25) is 0 Å². The molecular formula is C14H19BrClNO. The minimum absolute atomic E-state index is 0.284. The average molecular weight is 333 g/mol. The van der Waals surface area contributed by atoms with Crippen LogP contribution in [0.4, 0.5) is 5.69 Å². The van der Waals surface area contributed by atoms with Gasteiger partial charge in [-0.25, -0.2) is 0 Å². The number of halogens is 2. The Kier molecular flexibility index (Phi) is 4.93. The van der Waals surface area contributed by atoms with Gasteiger partial charge in [0.1, 0.15) is 0 Å². The molecule has 0 spiro atoms. The zero-order valence-electron chi connectivity index (χ0n) is 10.8. The molecule has 18 heavy (non-hydrogen) atoms. The van der Waals surface area contributed by atoms with Crippen LogP contribution in [0.15, 0.2) is 18.2 Å². The van der Waals surface area contributed by atoms with Crippen LogP contribution in [0.5, 0.6) is 0 Å². The molecule has 1 aromatic rings. The first-order chi connectivity index (χ1) is 8.65. The molecule has 1 aliphatic rings.